The molecule has 1 aliphatic rings. The molecule has 0 unspecified atom stereocenters. The molecule has 1 rings (SSSR count). The second kappa shape index (κ2) is 4.88. The highest BCUT2D eigenvalue weighted by Crippen LogP contribution is 2.01. The van der Waals surface area contributed by atoms with Gasteiger partial charge in [0, 0.05) is 26.2 Å². The predicted molar refractivity (Wildman–Crippen MR) is 52.1 cm³/mol. The van der Waals surface area contributed by atoms with Crippen molar-refractivity contribution < 1.29 is 4.79 Å². The molecule has 0 bridgehead atoms. The molecule has 72 valence electrons. The van der Waals surface area contributed by atoms with Crippen molar-refractivity contribution in [3.8, 4) is 12.3 Å². The second-order valence-corrected chi connectivity index (χ2v) is 3.28. The molecule has 1 heterocycles. The monoisotopic (exact) mass is 180 g/mol. The summed E-state index contributed by atoms with van der Waals surface area (Å²) in [7, 11) is 0. The molecule has 0 radical (unpaired) electrons. The third-order valence-electron chi connectivity index (χ3n) is 2.32. The van der Waals surface area contributed by atoms with Crippen LogP contribution in [0.3, 0.4) is 0 Å². The van der Waals surface area contributed by atoms with E-state index in [1.165, 1.54) is 6.42 Å². The van der Waals surface area contributed by atoms with Crippen molar-refractivity contribution in [3.05, 3.63) is 0 Å². The molecule has 0 aromatic heterocycles. The number of hydrogen-bond donors (Lipinski definition) is 0. The first-order valence-electron chi connectivity index (χ1n) is 4.75. The topological polar surface area (TPSA) is 23.6 Å². The number of carbonyl (C=O) groups excluding carboxylic acids is 1. The Morgan fingerprint density at radius 2 is 2.00 bits per heavy atom. The third kappa shape index (κ3) is 2.74. The van der Waals surface area contributed by atoms with Crippen molar-refractivity contribution in [1.82, 2.24) is 9.80 Å². The van der Waals surface area contributed by atoms with E-state index in [1.54, 1.807) is 4.90 Å². The minimum absolute atomic E-state index is 0.170. The Morgan fingerprint density at radius 1 is 1.38 bits per heavy atom. The number of terminal acetylenes is 1. The van der Waals surface area contributed by atoms with Gasteiger partial charge in [0.15, 0.2) is 0 Å². The quantitative estimate of drug-likeness (QED) is 0.566. The lowest BCUT2D eigenvalue weighted by Gasteiger charge is -2.33. The molecule has 3 heteroatoms. The van der Waals surface area contributed by atoms with Crippen molar-refractivity contribution in [2.24, 2.45) is 0 Å². The van der Waals surface area contributed by atoms with E-state index in [1.807, 2.05) is 0 Å². The molecule has 13 heavy (non-hydrogen) atoms. The molecule has 1 aliphatic heterocycles. The molecule has 0 aliphatic carbocycles. The SMILES string of the molecule is C#CC(=O)N1CCN(CCC)CC1. The van der Waals surface area contributed by atoms with Crippen LogP contribution in [0.15, 0.2) is 0 Å². The Balaban J connectivity index is 2.31. The van der Waals surface area contributed by atoms with Gasteiger partial charge in [0.2, 0.25) is 0 Å². The van der Waals surface area contributed by atoms with Crippen molar-refractivity contribution in [2.45, 2.75) is 13.3 Å². The Morgan fingerprint density at radius 3 is 2.46 bits per heavy atom. The molecular weight excluding hydrogens is 164 g/mol. The smallest absolute Gasteiger partial charge is 0.298 e. The van der Waals surface area contributed by atoms with Gasteiger partial charge in [-0.15, -0.1) is 6.42 Å². The van der Waals surface area contributed by atoms with Gasteiger partial charge >= 0.3 is 0 Å². The molecule has 0 saturated carbocycles. The van der Waals surface area contributed by atoms with E-state index in [0.29, 0.717) is 0 Å². The van der Waals surface area contributed by atoms with Crippen LogP contribution in [0.1, 0.15) is 13.3 Å². The molecule has 1 fully saturated rings. The Bertz CT molecular complexity index is 211. The van der Waals surface area contributed by atoms with Crippen LogP contribution < -0.4 is 0 Å². The average molecular weight is 180 g/mol. The molecule has 0 spiro atoms. The van der Waals surface area contributed by atoms with Gasteiger partial charge in [-0.05, 0) is 18.9 Å². The lowest BCUT2D eigenvalue weighted by atomic mass is 10.3. The summed E-state index contributed by atoms with van der Waals surface area (Å²) < 4.78 is 0. The normalized spacial score (nSPS) is 18.3. The molecule has 0 N–H and O–H groups in total. The van der Waals surface area contributed by atoms with Gasteiger partial charge in [-0.2, -0.15) is 0 Å². The van der Waals surface area contributed by atoms with Crippen LogP contribution in [0.25, 0.3) is 0 Å². The van der Waals surface area contributed by atoms with Gasteiger partial charge in [-0.1, -0.05) is 6.92 Å². The maximum atomic E-state index is 11.1. The highest BCUT2D eigenvalue weighted by atomic mass is 16.2. The molecule has 1 saturated heterocycles. The Hall–Kier alpha value is -1.01. The van der Waals surface area contributed by atoms with Gasteiger partial charge in [0.1, 0.15) is 0 Å². The molecule has 0 aromatic carbocycles. The summed E-state index contributed by atoms with van der Waals surface area (Å²) in [5, 5.41) is 0. The number of rotatable bonds is 2. The first kappa shape index (κ1) is 10.1. The van der Waals surface area contributed by atoms with Crippen LogP contribution in [-0.4, -0.2) is 48.4 Å². The minimum atomic E-state index is -0.170. The van der Waals surface area contributed by atoms with Gasteiger partial charge < -0.3 is 4.90 Å². The molecule has 0 aromatic rings. The molecule has 0 atom stereocenters. The van der Waals surface area contributed by atoms with E-state index < -0.39 is 0 Å². The van der Waals surface area contributed by atoms with E-state index in [9.17, 15) is 4.79 Å². The molecule has 3 nitrogen and oxygen atoms in total. The maximum absolute atomic E-state index is 11.1. The number of piperazine rings is 1. The van der Waals surface area contributed by atoms with Gasteiger partial charge in [-0.25, -0.2) is 0 Å². The maximum Gasteiger partial charge on any atom is 0.298 e. The van der Waals surface area contributed by atoms with Crippen LogP contribution in [-0.2, 0) is 4.79 Å². The number of carbonyl (C=O) groups is 1. The number of nitrogens with zero attached hydrogens (tertiary/aromatic N) is 2. The summed E-state index contributed by atoms with van der Waals surface area (Å²) in [6.45, 7) is 6.77. The first-order chi connectivity index (χ1) is 6.27. The van der Waals surface area contributed by atoms with E-state index in [-0.39, 0.29) is 5.91 Å². The number of hydrogen-bond acceptors (Lipinski definition) is 2. The summed E-state index contributed by atoms with van der Waals surface area (Å²) in [6, 6.07) is 0. The first-order valence-corrected chi connectivity index (χ1v) is 4.75. The largest absolute Gasteiger partial charge is 0.329 e. The highest BCUT2D eigenvalue weighted by molar-refractivity contribution is 5.92. The van der Waals surface area contributed by atoms with E-state index in [2.05, 4.69) is 17.7 Å². The van der Waals surface area contributed by atoms with Crippen LogP contribution in [0.5, 0.6) is 0 Å². The molecular formula is C10H16N2O. The summed E-state index contributed by atoms with van der Waals surface area (Å²) in [5.74, 6) is 1.98. The van der Waals surface area contributed by atoms with Gasteiger partial charge in [-0.3, -0.25) is 9.69 Å². The second-order valence-electron chi connectivity index (χ2n) is 3.28. The van der Waals surface area contributed by atoms with E-state index >= 15 is 0 Å². The summed E-state index contributed by atoms with van der Waals surface area (Å²) in [6.07, 6.45) is 6.21. The lowest BCUT2D eigenvalue weighted by Crippen LogP contribution is -2.48. The average Bonchev–Trinajstić information content (AvgIpc) is 2.18. The van der Waals surface area contributed by atoms with Crippen molar-refractivity contribution >= 4 is 5.91 Å². The fourth-order valence-electron chi connectivity index (χ4n) is 1.58. The Labute approximate surface area is 79.7 Å². The highest BCUT2D eigenvalue weighted by Gasteiger charge is 2.18. The number of amides is 1. The van der Waals surface area contributed by atoms with Crippen LogP contribution >= 0.6 is 0 Å². The third-order valence-corrected chi connectivity index (χ3v) is 2.32. The zero-order valence-electron chi connectivity index (χ0n) is 8.12. The summed E-state index contributed by atoms with van der Waals surface area (Å²) in [4.78, 5) is 15.2. The summed E-state index contributed by atoms with van der Waals surface area (Å²) >= 11 is 0. The van der Waals surface area contributed by atoms with Crippen molar-refractivity contribution in [3.63, 3.8) is 0 Å². The van der Waals surface area contributed by atoms with Crippen LogP contribution in [0, 0.1) is 12.3 Å². The fraction of sp³-hybridized carbons (Fsp3) is 0.700. The lowest BCUT2D eigenvalue weighted by molar-refractivity contribution is -0.126. The molecule has 1 amide bonds. The zero-order valence-corrected chi connectivity index (χ0v) is 8.12. The van der Waals surface area contributed by atoms with Crippen molar-refractivity contribution in [1.29, 1.82) is 0 Å². The fourth-order valence-corrected chi connectivity index (χ4v) is 1.58. The Kier molecular flexibility index (Phi) is 3.78. The predicted octanol–water partition coefficient (Wildman–Crippen LogP) is 0.174. The standard InChI is InChI=1S/C10H16N2O/c1-3-5-11-6-8-12(9-7-11)10(13)4-2/h2H,3,5-9H2,1H3. The minimum Gasteiger partial charge on any atom is -0.329 e. The summed E-state index contributed by atoms with van der Waals surface area (Å²) in [5.41, 5.74) is 0. The van der Waals surface area contributed by atoms with Gasteiger partial charge in [0.05, 0.1) is 0 Å². The van der Waals surface area contributed by atoms with E-state index in [4.69, 9.17) is 6.42 Å². The van der Waals surface area contributed by atoms with Crippen LogP contribution in [0.2, 0.25) is 0 Å². The van der Waals surface area contributed by atoms with Crippen LogP contribution in [0.4, 0.5) is 0 Å². The van der Waals surface area contributed by atoms with E-state index in [0.717, 1.165) is 32.7 Å². The van der Waals surface area contributed by atoms with Gasteiger partial charge in [0.25, 0.3) is 5.91 Å². The van der Waals surface area contributed by atoms with Crippen molar-refractivity contribution in [2.75, 3.05) is 32.7 Å². The zero-order chi connectivity index (χ0) is 9.68.